The third-order valence-corrected chi connectivity index (χ3v) is 6.18. The molecule has 2 amide bonds. The Labute approximate surface area is 175 Å². The number of anilines is 1. The summed E-state index contributed by atoms with van der Waals surface area (Å²) in [5.41, 5.74) is 1.85. The van der Waals surface area contributed by atoms with Gasteiger partial charge in [-0.25, -0.2) is 0 Å². The van der Waals surface area contributed by atoms with Gasteiger partial charge in [-0.15, -0.1) is 10.2 Å². The Morgan fingerprint density at radius 2 is 2.00 bits per heavy atom. The molecule has 1 atom stereocenters. The number of benzene rings is 1. The van der Waals surface area contributed by atoms with E-state index in [1.54, 1.807) is 0 Å². The standard InChI is InChI=1S/C21H29N5O2S/c1-15-6-8-17(9-7-15)23-20(28)21-25-24-19(29-21)11-10-18(27)22-12-14-26-13-4-3-5-16(26)2/h6-9,16H,3-5,10-14H2,1-2H3,(H,22,27)(H,23,28). The molecule has 1 aromatic carbocycles. The molecular formula is C21H29N5O2S. The average molecular weight is 416 g/mol. The van der Waals surface area contributed by atoms with Crippen molar-refractivity contribution >= 4 is 28.8 Å². The normalized spacial score (nSPS) is 17.1. The molecule has 1 aliphatic heterocycles. The van der Waals surface area contributed by atoms with Crippen molar-refractivity contribution in [2.24, 2.45) is 0 Å². The second kappa shape index (κ2) is 10.5. The first-order valence-corrected chi connectivity index (χ1v) is 11.0. The van der Waals surface area contributed by atoms with Crippen LogP contribution in [0.3, 0.4) is 0 Å². The highest BCUT2D eigenvalue weighted by molar-refractivity contribution is 7.13. The van der Waals surface area contributed by atoms with Gasteiger partial charge in [-0.05, 0) is 45.4 Å². The average Bonchev–Trinajstić information content (AvgIpc) is 3.19. The van der Waals surface area contributed by atoms with E-state index < -0.39 is 0 Å². The predicted octanol–water partition coefficient (Wildman–Crippen LogP) is 3.02. The van der Waals surface area contributed by atoms with Gasteiger partial charge < -0.3 is 10.6 Å². The highest BCUT2D eigenvalue weighted by atomic mass is 32.1. The zero-order valence-electron chi connectivity index (χ0n) is 17.1. The van der Waals surface area contributed by atoms with Crippen LogP contribution in [0, 0.1) is 6.92 Å². The number of aromatic nitrogens is 2. The summed E-state index contributed by atoms with van der Waals surface area (Å²) in [6.07, 6.45) is 4.63. The van der Waals surface area contributed by atoms with Crippen molar-refractivity contribution in [3.8, 4) is 0 Å². The lowest BCUT2D eigenvalue weighted by atomic mass is 10.0. The van der Waals surface area contributed by atoms with Gasteiger partial charge in [0.15, 0.2) is 0 Å². The zero-order valence-corrected chi connectivity index (χ0v) is 17.9. The fraction of sp³-hybridized carbons (Fsp3) is 0.524. The number of amides is 2. The molecule has 1 aliphatic rings. The summed E-state index contributed by atoms with van der Waals surface area (Å²) in [4.78, 5) is 26.8. The molecule has 0 aliphatic carbocycles. The van der Waals surface area contributed by atoms with Gasteiger partial charge in [0, 0.05) is 37.7 Å². The number of aryl methyl sites for hydroxylation is 2. The van der Waals surface area contributed by atoms with E-state index in [0.29, 0.717) is 35.4 Å². The smallest absolute Gasteiger partial charge is 0.286 e. The molecule has 2 N–H and O–H groups in total. The minimum atomic E-state index is -0.280. The van der Waals surface area contributed by atoms with Crippen molar-refractivity contribution in [1.29, 1.82) is 0 Å². The van der Waals surface area contributed by atoms with Crippen LogP contribution in [-0.4, -0.2) is 52.6 Å². The van der Waals surface area contributed by atoms with E-state index in [2.05, 4.69) is 32.7 Å². The van der Waals surface area contributed by atoms with Gasteiger partial charge >= 0.3 is 0 Å². The van der Waals surface area contributed by atoms with Crippen LogP contribution in [0.25, 0.3) is 0 Å². The predicted molar refractivity (Wildman–Crippen MR) is 115 cm³/mol. The van der Waals surface area contributed by atoms with Crippen molar-refractivity contribution in [2.45, 2.75) is 52.0 Å². The molecule has 1 fully saturated rings. The van der Waals surface area contributed by atoms with Crippen LogP contribution in [0.1, 0.15) is 53.0 Å². The number of hydrogen-bond donors (Lipinski definition) is 2. The molecule has 0 radical (unpaired) electrons. The largest absolute Gasteiger partial charge is 0.355 e. The van der Waals surface area contributed by atoms with Gasteiger partial charge in [0.1, 0.15) is 5.01 Å². The van der Waals surface area contributed by atoms with Crippen molar-refractivity contribution in [3.63, 3.8) is 0 Å². The first-order valence-electron chi connectivity index (χ1n) is 10.2. The fourth-order valence-electron chi connectivity index (χ4n) is 3.41. The summed E-state index contributed by atoms with van der Waals surface area (Å²) in [6.45, 7) is 6.93. The molecule has 8 heteroatoms. The van der Waals surface area contributed by atoms with Gasteiger partial charge in [0.2, 0.25) is 10.9 Å². The van der Waals surface area contributed by atoms with Crippen LogP contribution in [-0.2, 0) is 11.2 Å². The second-order valence-electron chi connectivity index (χ2n) is 7.55. The first kappa shape index (κ1) is 21.4. The van der Waals surface area contributed by atoms with Crippen molar-refractivity contribution < 1.29 is 9.59 Å². The molecule has 1 saturated heterocycles. The Kier molecular flexibility index (Phi) is 7.71. The summed E-state index contributed by atoms with van der Waals surface area (Å²) in [5, 5.41) is 14.8. The number of carbonyl (C=O) groups excluding carboxylic acids is 2. The van der Waals surface area contributed by atoms with Gasteiger partial charge in [-0.1, -0.05) is 35.5 Å². The first-order chi connectivity index (χ1) is 14.0. The molecule has 29 heavy (non-hydrogen) atoms. The SMILES string of the molecule is Cc1ccc(NC(=O)c2nnc(CCC(=O)NCCN3CCCCC3C)s2)cc1. The van der Waals surface area contributed by atoms with E-state index in [4.69, 9.17) is 0 Å². The van der Waals surface area contributed by atoms with Crippen LogP contribution in [0.15, 0.2) is 24.3 Å². The summed E-state index contributed by atoms with van der Waals surface area (Å²) in [6, 6.07) is 8.18. The van der Waals surface area contributed by atoms with E-state index >= 15 is 0 Å². The van der Waals surface area contributed by atoms with Crippen LogP contribution >= 0.6 is 11.3 Å². The summed E-state index contributed by atoms with van der Waals surface area (Å²) >= 11 is 1.23. The Bertz CT molecular complexity index is 821. The number of hydrogen-bond acceptors (Lipinski definition) is 6. The second-order valence-corrected chi connectivity index (χ2v) is 8.61. The van der Waals surface area contributed by atoms with Crippen molar-refractivity contribution in [1.82, 2.24) is 20.4 Å². The Morgan fingerprint density at radius 3 is 2.76 bits per heavy atom. The lowest BCUT2D eigenvalue weighted by molar-refractivity contribution is -0.121. The highest BCUT2D eigenvalue weighted by Gasteiger charge is 2.18. The fourth-order valence-corrected chi connectivity index (χ4v) is 4.14. The molecule has 156 valence electrons. The maximum absolute atomic E-state index is 12.3. The molecule has 0 bridgehead atoms. The molecule has 0 saturated carbocycles. The number of nitrogens with one attached hydrogen (secondary N) is 2. The zero-order chi connectivity index (χ0) is 20.6. The number of carbonyl (C=O) groups is 2. The van der Waals surface area contributed by atoms with Crippen LogP contribution in [0.2, 0.25) is 0 Å². The van der Waals surface area contributed by atoms with E-state index in [0.717, 1.165) is 24.3 Å². The third-order valence-electron chi connectivity index (χ3n) is 5.20. The number of likely N-dealkylation sites (tertiary alicyclic amines) is 1. The van der Waals surface area contributed by atoms with Crippen molar-refractivity contribution in [3.05, 3.63) is 39.8 Å². The Balaban J connectivity index is 1.38. The summed E-state index contributed by atoms with van der Waals surface area (Å²) in [7, 11) is 0. The molecule has 2 aromatic rings. The van der Waals surface area contributed by atoms with Gasteiger partial charge in [0.25, 0.3) is 5.91 Å². The number of nitrogens with zero attached hydrogens (tertiary/aromatic N) is 3. The minimum Gasteiger partial charge on any atom is -0.355 e. The van der Waals surface area contributed by atoms with Crippen LogP contribution in [0.5, 0.6) is 0 Å². The van der Waals surface area contributed by atoms with E-state index in [-0.39, 0.29) is 11.8 Å². The lowest BCUT2D eigenvalue weighted by Crippen LogP contribution is -2.42. The number of rotatable bonds is 8. The maximum Gasteiger partial charge on any atom is 0.286 e. The summed E-state index contributed by atoms with van der Waals surface area (Å²) < 4.78 is 0. The van der Waals surface area contributed by atoms with Gasteiger partial charge in [-0.2, -0.15) is 0 Å². The molecule has 0 spiro atoms. The van der Waals surface area contributed by atoms with Gasteiger partial charge in [0.05, 0.1) is 0 Å². The van der Waals surface area contributed by atoms with Crippen molar-refractivity contribution in [2.75, 3.05) is 25.0 Å². The molecule has 3 rings (SSSR count). The molecule has 1 unspecified atom stereocenters. The molecule has 2 heterocycles. The van der Waals surface area contributed by atoms with Crippen LogP contribution < -0.4 is 10.6 Å². The molecule has 7 nitrogen and oxygen atoms in total. The van der Waals surface area contributed by atoms with E-state index in [1.807, 2.05) is 31.2 Å². The lowest BCUT2D eigenvalue weighted by Gasteiger charge is -2.33. The van der Waals surface area contributed by atoms with Crippen LogP contribution in [0.4, 0.5) is 5.69 Å². The summed E-state index contributed by atoms with van der Waals surface area (Å²) in [5.74, 6) is -0.270. The third kappa shape index (κ3) is 6.61. The monoisotopic (exact) mass is 415 g/mol. The van der Waals surface area contributed by atoms with E-state index in [1.165, 1.54) is 30.6 Å². The van der Waals surface area contributed by atoms with Gasteiger partial charge in [-0.3, -0.25) is 14.5 Å². The molecular weight excluding hydrogens is 386 g/mol. The molecule has 1 aromatic heterocycles. The maximum atomic E-state index is 12.3. The Hall–Kier alpha value is -2.32. The highest BCUT2D eigenvalue weighted by Crippen LogP contribution is 2.16. The Morgan fingerprint density at radius 1 is 1.21 bits per heavy atom. The minimum absolute atomic E-state index is 0.00974. The van der Waals surface area contributed by atoms with E-state index in [9.17, 15) is 9.59 Å². The quantitative estimate of drug-likeness (QED) is 0.692. The number of piperidine rings is 1. The topological polar surface area (TPSA) is 87.2 Å².